The fourth-order valence-corrected chi connectivity index (χ4v) is 7.28. The highest BCUT2D eigenvalue weighted by Gasteiger charge is 2.95. The van der Waals surface area contributed by atoms with E-state index in [1.165, 1.54) is 0 Å². The first kappa shape index (κ1) is 12.2. The molecule has 0 unspecified atom stereocenters. The van der Waals surface area contributed by atoms with Gasteiger partial charge in [0.25, 0.3) is 0 Å². The SMILES string of the molecule is C[C@@H](C(=O)O)[C@@]12CC[C@]3(C)[C@H]4[C@H](C)[C@@](O)(C[C@@H]31)[C@]42O. The minimum Gasteiger partial charge on any atom is -0.481 e. The molecule has 0 amide bonds. The van der Waals surface area contributed by atoms with E-state index in [2.05, 4.69) is 6.92 Å². The van der Waals surface area contributed by atoms with E-state index in [1.54, 1.807) is 6.92 Å². The molecule has 0 spiro atoms. The van der Waals surface area contributed by atoms with Gasteiger partial charge in [-0.25, -0.2) is 0 Å². The lowest BCUT2D eigenvalue weighted by Gasteiger charge is -2.69. The van der Waals surface area contributed by atoms with E-state index in [9.17, 15) is 20.1 Å². The topological polar surface area (TPSA) is 77.8 Å². The molecule has 4 aliphatic rings. The number of carbonyl (C=O) groups is 1. The molecule has 4 heteroatoms. The second-order valence-electron chi connectivity index (χ2n) is 7.82. The summed E-state index contributed by atoms with van der Waals surface area (Å²) in [5.74, 6) is -1.12. The maximum Gasteiger partial charge on any atom is 0.306 e. The Kier molecular flexibility index (Phi) is 1.74. The van der Waals surface area contributed by atoms with Crippen LogP contribution in [0.15, 0.2) is 0 Å². The van der Waals surface area contributed by atoms with Crippen LogP contribution >= 0.6 is 0 Å². The molecule has 19 heavy (non-hydrogen) atoms. The van der Waals surface area contributed by atoms with E-state index in [0.717, 1.165) is 12.8 Å². The van der Waals surface area contributed by atoms with Crippen molar-refractivity contribution in [1.29, 1.82) is 0 Å². The van der Waals surface area contributed by atoms with Crippen molar-refractivity contribution >= 4 is 5.97 Å². The second kappa shape index (κ2) is 2.73. The molecule has 4 aliphatic carbocycles. The molecule has 0 aromatic rings. The molecule has 0 aromatic heterocycles. The monoisotopic (exact) mass is 266 g/mol. The Morgan fingerprint density at radius 1 is 1.32 bits per heavy atom. The molecule has 4 saturated carbocycles. The van der Waals surface area contributed by atoms with E-state index in [-0.39, 0.29) is 23.2 Å². The normalized spacial score (nSPS) is 66.1. The van der Waals surface area contributed by atoms with Crippen LogP contribution in [0.3, 0.4) is 0 Å². The molecule has 4 rings (SSSR count). The predicted molar refractivity (Wildman–Crippen MR) is 67.2 cm³/mol. The van der Waals surface area contributed by atoms with E-state index >= 15 is 0 Å². The third-order valence-electron chi connectivity index (χ3n) is 7.94. The van der Waals surface area contributed by atoms with Gasteiger partial charge in [0.2, 0.25) is 0 Å². The Labute approximate surface area is 112 Å². The van der Waals surface area contributed by atoms with Gasteiger partial charge in [0.1, 0.15) is 5.60 Å². The zero-order valence-corrected chi connectivity index (χ0v) is 11.7. The highest BCUT2D eigenvalue weighted by atomic mass is 16.4. The van der Waals surface area contributed by atoms with Crippen molar-refractivity contribution in [2.45, 2.75) is 51.2 Å². The number of hydrogen-bond donors (Lipinski definition) is 3. The number of carboxylic acid groups (broad SMARTS) is 1. The van der Waals surface area contributed by atoms with Crippen LogP contribution in [-0.2, 0) is 4.79 Å². The van der Waals surface area contributed by atoms with Crippen molar-refractivity contribution in [2.75, 3.05) is 0 Å². The lowest BCUT2D eigenvalue weighted by atomic mass is 9.39. The number of hydrogen-bond acceptors (Lipinski definition) is 3. The van der Waals surface area contributed by atoms with Crippen molar-refractivity contribution in [2.24, 2.45) is 34.5 Å². The number of rotatable bonds is 2. The fraction of sp³-hybridized carbons (Fsp3) is 0.933. The van der Waals surface area contributed by atoms with Gasteiger partial charge < -0.3 is 15.3 Å². The molecule has 4 fully saturated rings. The van der Waals surface area contributed by atoms with Gasteiger partial charge in [-0.05, 0) is 36.5 Å². The van der Waals surface area contributed by atoms with Crippen LogP contribution < -0.4 is 0 Å². The Morgan fingerprint density at radius 2 is 1.95 bits per heavy atom. The van der Waals surface area contributed by atoms with Gasteiger partial charge in [0, 0.05) is 11.3 Å². The third kappa shape index (κ3) is 0.765. The van der Waals surface area contributed by atoms with Crippen molar-refractivity contribution in [3.05, 3.63) is 0 Å². The van der Waals surface area contributed by atoms with Crippen LogP contribution in [0.1, 0.15) is 40.0 Å². The molecule has 106 valence electrons. The van der Waals surface area contributed by atoms with Gasteiger partial charge in [-0.15, -0.1) is 0 Å². The van der Waals surface area contributed by atoms with Gasteiger partial charge in [-0.3, -0.25) is 4.79 Å². The van der Waals surface area contributed by atoms with Crippen molar-refractivity contribution < 1.29 is 20.1 Å². The molecule has 0 saturated heterocycles. The maximum absolute atomic E-state index is 11.5. The Bertz CT molecular complexity index is 504. The van der Waals surface area contributed by atoms with Gasteiger partial charge in [0.15, 0.2) is 0 Å². The average molecular weight is 266 g/mol. The third-order valence-corrected chi connectivity index (χ3v) is 7.94. The van der Waals surface area contributed by atoms with Crippen LogP contribution in [-0.4, -0.2) is 32.5 Å². The summed E-state index contributed by atoms with van der Waals surface area (Å²) in [6.45, 7) is 5.93. The van der Waals surface area contributed by atoms with Gasteiger partial charge in [0.05, 0.1) is 11.5 Å². The van der Waals surface area contributed by atoms with Gasteiger partial charge in [-0.1, -0.05) is 20.8 Å². The van der Waals surface area contributed by atoms with E-state index in [4.69, 9.17) is 0 Å². The summed E-state index contributed by atoms with van der Waals surface area (Å²) in [6, 6.07) is 0. The zero-order chi connectivity index (χ0) is 14.0. The molecule has 0 radical (unpaired) electrons. The molecule has 3 N–H and O–H groups in total. The highest BCUT2D eigenvalue weighted by molar-refractivity contribution is 5.72. The summed E-state index contributed by atoms with van der Waals surface area (Å²) in [5, 5.41) is 31.6. The van der Waals surface area contributed by atoms with Crippen LogP contribution in [0.2, 0.25) is 0 Å². The molecule has 0 aromatic carbocycles. The average Bonchev–Trinajstić information content (AvgIpc) is 2.77. The Balaban J connectivity index is 1.94. The minimum atomic E-state index is -1.17. The standard InChI is InChI=1S/C15H22O4/c1-7-10-12(3)4-5-13(8(2)11(16)17)9(12)6-14(7,18)15(10,13)19/h7-10,18-19H,4-6H2,1-3H3,(H,16,17)/t7-,8-,9-,10+,12-,13-,14-,15-/m0/s1. The van der Waals surface area contributed by atoms with Gasteiger partial charge >= 0.3 is 5.97 Å². The summed E-state index contributed by atoms with van der Waals surface area (Å²) in [6.07, 6.45) is 2.31. The lowest BCUT2D eigenvalue weighted by molar-refractivity contribution is -0.346. The number of aliphatic hydroxyl groups is 2. The number of aliphatic carboxylic acids is 1. The minimum absolute atomic E-state index is 0.0162. The lowest BCUT2D eigenvalue weighted by Crippen LogP contribution is -2.80. The molecule has 8 atom stereocenters. The zero-order valence-electron chi connectivity index (χ0n) is 11.7. The molecular weight excluding hydrogens is 244 g/mol. The van der Waals surface area contributed by atoms with E-state index < -0.39 is 28.5 Å². The molecule has 4 bridgehead atoms. The van der Waals surface area contributed by atoms with Crippen molar-refractivity contribution in [3.63, 3.8) is 0 Å². The smallest absolute Gasteiger partial charge is 0.306 e. The molecular formula is C15H22O4. The van der Waals surface area contributed by atoms with E-state index in [0.29, 0.717) is 6.42 Å². The highest BCUT2D eigenvalue weighted by Crippen LogP contribution is 2.90. The first-order valence-corrected chi connectivity index (χ1v) is 7.35. The Morgan fingerprint density at radius 3 is 2.53 bits per heavy atom. The van der Waals surface area contributed by atoms with Crippen molar-refractivity contribution in [3.8, 4) is 0 Å². The number of fused-ring (bicyclic) bond motifs is 1. The van der Waals surface area contributed by atoms with Crippen LogP contribution in [0.4, 0.5) is 0 Å². The summed E-state index contributed by atoms with van der Waals surface area (Å²) < 4.78 is 0. The van der Waals surface area contributed by atoms with Crippen LogP contribution in [0.5, 0.6) is 0 Å². The maximum atomic E-state index is 11.5. The first-order chi connectivity index (χ1) is 8.68. The van der Waals surface area contributed by atoms with Crippen LogP contribution in [0.25, 0.3) is 0 Å². The largest absolute Gasteiger partial charge is 0.481 e. The van der Waals surface area contributed by atoms with E-state index in [1.807, 2.05) is 6.92 Å². The molecule has 0 heterocycles. The van der Waals surface area contributed by atoms with Crippen molar-refractivity contribution in [1.82, 2.24) is 0 Å². The summed E-state index contributed by atoms with van der Waals surface area (Å²) in [5.41, 5.74) is -2.82. The van der Waals surface area contributed by atoms with Crippen LogP contribution in [0, 0.1) is 34.5 Å². The molecule has 0 aliphatic heterocycles. The quantitative estimate of drug-likeness (QED) is 0.703. The number of carboxylic acids is 1. The summed E-state index contributed by atoms with van der Waals surface area (Å²) >= 11 is 0. The summed E-state index contributed by atoms with van der Waals surface area (Å²) in [4.78, 5) is 11.5. The summed E-state index contributed by atoms with van der Waals surface area (Å²) in [7, 11) is 0. The first-order valence-electron chi connectivity index (χ1n) is 7.35. The van der Waals surface area contributed by atoms with Gasteiger partial charge in [-0.2, -0.15) is 0 Å². The fourth-order valence-electron chi connectivity index (χ4n) is 7.28. The Hall–Kier alpha value is -0.610. The molecule has 4 nitrogen and oxygen atoms in total. The predicted octanol–water partition coefficient (Wildman–Crippen LogP) is 1.26. The second-order valence-corrected chi connectivity index (χ2v) is 7.82.